The minimum atomic E-state index is -0.0420. The van der Waals surface area contributed by atoms with Gasteiger partial charge in [0.2, 0.25) is 5.91 Å². The van der Waals surface area contributed by atoms with E-state index in [4.69, 9.17) is 5.73 Å². The average molecular weight is 292 g/mol. The summed E-state index contributed by atoms with van der Waals surface area (Å²) in [6.07, 6.45) is 6.28. The van der Waals surface area contributed by atoms with Crippen LogP contribution < -0.4 is 11.1 Å². The Labute approximate surface area is 120 Å². The summed E-state index contributed by atoms with van der Waals surface area (Å²) >= 11 is 0. The summed E-state index contributed by atoms with van der Waals surface area (Å²) in [5, 5.41) is 2.90. The Morgan fingerprint density at radius 3 is 2.72 bits per heavy atom. The molecule has 2 atom stereocenters. The van der Waals surface area contributed by atoms with Gasteiger partial charge in [-0.3, -0.25) is 9.78 Å². The van der Waals surface area contributed by atoms with Crippen LogP contribution in [0.4, 0.5) is 5.69 Å². The van der Waals surface area contributed by atoms with Gasteiger partial charge in [0.05, 0.1) is 17.8 Å². The molecule has 1 aliphatic rings. The largest absolute Gasteiger partial charge is 0.327 e. The van der Waals surface area contributed by atoms with Crippen LogP contribution in [-0.4, -0.2) is 16.9 Å². The van der Waals surface area contributed by atoms with Crippen LogP contribution in [-0.2, 0) is 4.79 Å². The number of amides is 1. The maximum Gasteiger partial charge on any atom is 0.229 e. The van der Waals surface area contributed by atoms with Gasteiger partial charge in [0.15, 0.2) is 0 Å². The molecule has 4 nitrogen and oxygen atoms in total. The van der Waals surface area contributed by atoms with Crippen LogP contribution in [0.3, 0.4) is 0 Å². The fraction of sp³-hybridized carbons (Fsp3) is 0.500. The van der Waals surface area contributed by atoms with Gasteiger partial charge < -0.3 is 11.1 Å². The lowest BCUT2D eigenvalue weighted by molar-refractivity contribution is -0.120. The first-order valence-corrected chi connectivity index (χ1v) is 5.65. The molecule has 2 unspecified atom stereocenters. The number of aromatic nitrogens is 1. The van der Waals surface area contributed by atoms with Gasteiger partial charge >= 0.3 is 0 Å². The van der Waals surface area contributed by atoms with E-state index < -0.39 is 0 Å². The number of halogens is 2. The van der Waals surface area contributed by atoms with Crippen LogP contribution in [0.1, 0.15) is 24.8 Å². The first kappa shape index (κ1) is 17.2. The molecule has 1 aliphatic carbocycles. The van der Waals surface area contributed by atoms with E-state index >= 15 is 0 Å². The van der Waals surface area contributed by atoms with Crippen molar-refractivity contribution in [1.82, 2.24) is 4.98 Å². The monoisotopic (exact) mass is 291 g/mol. The van der Waals surface area contributed by atoms with Crippen molar-refractivity contribution in [2.24, 2.45) is 11.7 Å². The van der Waals surface area contributed by atoms with Crippen molar-refractivity contribution in [3.63, 3.8) is 0 Å². The molecule has 1 amide bonds. The quantitative estimate of drug-likeness (QED) is 0.879. The number of aryl methyl sites for hydroxylation is 1. The van der Waals surface area contributed by atoms with Crippen molar-refractivity contribution >= 4 is 36.4 Å². The second-order valence-corrected chi connectivity index (χ2v) is 4.38. The van der Waals surface area contributed by atoms with E-state index in [9.17, 15) is 4.79 Å². The first-order chi connectivity index (χ1) is 7.68. The number of carbonyl (C=O) groups is 1. The maximum atomic E-state index is 12.0. The molecule has 0 radical (unpaired) electrons. The molecular formula is C12H19Cl2N3O. The number of pyridine rings is 1. The SMILES string of the molecule is Cc1ccncc1NC(=O)C1CCCC1N.Cl.Cl. The third-order valence-corrected chi connectivity index (χ3v) is 3.20. The molecule has 18 heavy (non-hydrogen) atoms. The highest BCUT2D eigenvalue weighted by Crippen LogP contribution is 2.25. The van der Waals surface area contributed by atoms with Gasteiger partial charge in [-0.05, 0) is 31.4 Å². The standard InChI is InChI=1S/C12H17N3O.2ClH/c1-8-5-6-14-7-11(8)15-12(16)9-3-2-4-10(9)13;;/h5-7,9-10H,2-4,13H2,1H3,(H,15,16);2*1H. The number of hydrogen-bond donors (Lipinski definition) is 2. The molecule has 1 heterocycles. The summed E-state index contributed by atoms with van der Waals surface area (Å²) in [4.78, 5) is 16.0. The molecule has 0 bridgehead atoms. The zero-order valence-electron chi connectivity index (χ0n) is 10.3. The summed E-state index contributed by atoms with van der Waals surface area (Å²) in [6.45, 7) is 1.95. The van der Waals surface area contributed by atoms with Gasteiger partial charge in [-0.2, -0.15) is 0 Å². The predicted octanol–water partition coefficient (Wildman–Crippen LogP) is 2.30. The number of anilines is 1. The number of nitrogens with zero attached hydrogens (tertiary/aromatic N) is 1. The molecule has 1 aromatic heterocycles. The molecule has 1 aromatic rings. The van der Waals surface area contributed by atoms with Crippen molar-refractivity contribution < 1.29 is 4.79 Å². The molecule has 6 heteroatoms. The van der Waals surface area contributed by atoms with E-state index in [1.54, 1.807) is 12.4 Å². The van der Waals surface area contributed by atoms with Crippen LogP contribution in [0.5, 0.6) is 0 Å². The van der Waals surface area contributed by atoms with Crippen LogP contribution >= 0.6 is 24.8 Å². The number of carbonyl (C=O) groups excluding carboxylic acids is 1. The zero-order chi connectivity index (χ0) is 11.5. The molecule has 2 rings (SSSR count). The third-order valence-electron chi connectivity index (χ3n) is 3.20. The Morgan fingerprint density at radius 2 is 2.17 bits per heavy atom. The lowest BCUT2D eigenvalue weighted by atomic mass is 10.0. The Kier molecular flexibility index (Phi) is 7.21. The van der Waals surface area contributed by atoms with Crippen molar-refractivity contribution in [2.75, 3.05) is 5.32 Å². The number of nitrogens with two attached hydrogens (primary N) is 1. The van der Waals surface area contributed by atoms with Gasteiger partial charge in [0.1, 0.15) is 0 Å². The first-order valence-electron chi connectivity index (χ1n) is 5.65. The lowest BCUT2D eigenvalue weighted by Gasteiger charge is -2.15. The van der Waals surface area contributed by atoms with E-state index in [1.165, 1.54) is 0 Å². The summed E-state index contributed by atoms with van der Waals surface area (Å²) in [5.41, 5.74) is 7.70. The van der Waals surface area contributed by atoms with E-state index in [1.807, 2.05) is 13.0 Å². The normalized spacial score (nSPS) is 21.7. The van der Waals surface area contributed by atoms with Crippen molar-refractivity contribution in [3.8, 4) is 0 Å². The predicted molar refractivity (Wildman–Crippen MR) is 77.4 cm³/mol. The van der Waals surface area contributed by atoms with E-state index in [0.717, 1.165) is 30.5 Å². The van der Waals surface area contributed by atoms with Gasteiger partial charge in [0.25, 0.3) is 0 Å². The molecule has 1 fully saturated rings. The van der Waals surface area contributed by atoms with Crippen LogP contribution in [0, 0.1) is 12.8 Å². The lowest BCUT2D eigenvalue weighted by Crippen LogP contribution is -2.34. The molecule has 0 aliphatic heterocycles. The summed E-state index contributed by atoms with van der Waals surface area (Å²) in [6, 6.07) is 1.89. The van der Waals surface area contributed by atoms with E-state index in [-0.39, 0.29) is 42.7 Å². The average Bonchev–Trinajstić information content (AvgIpc) is 2.68. The van der Waals surface area contributed by atoms with Crippen molar-refractivity contribution in [2.45, 2.75) is 32.2 Å². The second kappa shape index (κ2) is 7.56. The summed E-state index contributed by atoms with van der Waals surface area (Å²) < 4.78 is 0. The van der Waals surface area contributed by atoms with E-state index in [0.29, 0.717) is 0 Å². The zero-order valence-corrected chi connectivity index (χ0v) is 11.9. The molecular weight excluding hydrogens is 273 g/mol. The highest BCUT2D eigenvalue weighted by molar-refractivity contribution is 5.93. The molecule has 1 saturated carbocycles. The van der Waals surface area contributed by atoms with Crippen LogP contribution in [0.2, 0.25) is 0 Å². The van der Waals surface area contributed by atoms with Crippen molar-refractivity contribution in [1.29, 1.82) is 0 Å². The molecule has 3 N–H and O–H groups in total. The molecule has 0 aromatic carbocycles. The van der Waals surface area contributed by atoms with Crippen molar-refractivity contribution in [3.05, 3.63) is 24.0 Å². The Morgan fingerprint density at radius 1 is 1.44 bits per heavy atom. The smallest absolute Gasteiger partial charge is 0.229 e. The van der Waals surface area contributed by atoms with Gasteiger partial charge in [-0.25, -0.2) is 0 Å². The van der Waals surface area contributed by atoms with Gasteiger partial charge in [-0.15, -0.1) is 24.8 Å². The molecule has 0 saturated heterocycles. The topological polar surface area (TPSA) is 68.0 Å². The van der Waals surface area contributed by atoms with E-state index in [2.05, 4.69) is 10.3 Å². The maximum absolute atomic E-state index is 12.0. The summed E-state index contributed by atoms with van der Waals surface area (Å²) in [5.74, 6) is -0.0132. The molecule has 0 spiro atoms. The highest BCUT2D eigenvalue weighted by Gasteiger charge is 2.30. The fourth-order valence-electron chi connectivity index (χ4n) is 2.13. The molecule has 102 valence electrons. The Balaban J connectivity index is 0.00000144. The number of rotatable bonds is 2. The minimum absolute atomic E-state index is 0. The number of nitrogens with one attached hydrogen (secondary N) is 1. The summed E-state index contributed by atoms with van der Waals surface area (Å²) in [7, 11) is 0. The fourth-order valence-corrected chi connectivity index (χ4v) is 2.13. The second-order valence-electron chi connectivity index (χ2n) is 4.38. The Hall–Kier alpha value is -0.840. The number of hydrogen-bond acceptors (Lipinski definition) is 3. The van der Waals surface area contributed by atoms with Crippen LogP contribution in [0.15, 0.2) is 18.5 Å². The van der Waals surface area contributed by atoms with Gasteiger partial charge in [0, 0.05) is 12.2 Å². The minimum Gasteiger partial charge on any atom is -0.327 e. The van der Waals surface area contributed by atoms with Crippen LogP contribution in [0.25, 0.3) is 0 Å². The Bertz CT molecular complexity index is 401. The van der Waals surface area contributed by atoms with Gasteiger partial charge in [-0.1, -0.05) is 6.42 Å². The highest BCUT2D eigenvalue weighted by atomic mass is 35.5. The third kappa shape index (κ3) is 3.83.